The molecule has 0 bridgehead atoms. The number of rotatable bonds is 5. The van der Waals surface area contributed by atoms with Crippen molar-refractivity contribution in [1.29, 1.82) is 0 Å². The molecule has 0 aromatic carbocycles. The summed E-state index contributed by atoms with van der Waals surface area (Å²) in [5.74, 6) is -0.809. The van der Waals surface area contributed by atoms with Crippen molar-refractivity contribution < 1.29 is 9.90 Å². The second-order valence-corrected chi connectivity index (χ2v) is 5.31. The van der Waals surface area contributed by atoms with Crippen LogP contribution in [0, 0.1) is 0 Å². The molecule has 0 saturated heterocycles. The molecule has 0 saturated carbocycles. The van der Waals surface area contributed by atoms with Gasteiger partial charge >= 0.3 is 5.97 Å². The summed E-state index contributed by atoms with van der Waals surface area (Å²) >= 11 is 7.15. The van der Waals surface area contributed by atoms with E-state index in [4.69, 9.17) is 11.6 Å². The van der Waals surface area contributed by atoms with E-state index in [1.807, 2.05) is 7.05 Å². The largest absolute Gasteiger partial charge is 0.481 e. The van der Waals surface area contributed by atoms with Crippen LogP contribution in [0.2, 0.25) is 4.34 Å². The molecule has 1 heterocycles. The lowest BCUT2D eigenvalue weighted by Crippen LogP contribution is -2.34. The topological polar surface area (TPSA) is 49.3 Å². The van der Waals surface area contributed by atoms with Gasteiger partial charge in [0, 0.05) is 4.88 Å². The quantitative estimate of drug-likeness (QED) is 0.840. The summed E-state index contributed by atoms with van der Waals surface area (Å²) in [7, 11) is 1.81. The minimum Gasteiger partial charge on any atom is -0.481 e. The first-order chi connectivity index (χ1) is 7.00. The lowest BCUT2D eigenvalue weighted by molar-refractivity contribution is -0.143. The molecule has 1 atom stereocenters. The maximum absolute atomic E-state index is 11.3. The van der Waals surface area contributed by atoms with Crippen molar-refractivity contribution >= 4 is 28.9 Å². The minimum atomic E-state index is -0.846. The van der Waals surface area contributed by atoms with Crippen molar-refractivity contribution in [3.8, 4) is 0 Å². The van der Waals surface area contributed by atoms with E-state index in [9.17, 15) is 9.90 Å². The molecule has 0 aliphatic heterocycles. The molecule has 5 heteroatoms. The van der Waals surface area contributed by atoms with E-state index in [-0.39, 0.29) is 0 Å². The monoisotopic (exact) mass is 247 g/mol. The number of carboxylic acids is 1. The maximum Gasteiger partial charge on any atom is 0.314 e. The maximum atomic E-state index is 11.3. The Labute approximate surface area is 98.1 Å². The van der Waals surface area contributed by atoms with Gasteiger partial charge in [0.1, 0.15) is 5.41 Å². The molecule has 1 aromatic heterocycles. The summed E-state index contributed by atoms with van der Waals surface area (Å²) in [6, 6.07) is 3.53. The van der Waals surface area contributed by atoms with Crippen LogP contribution in [0.15, 0.2) is 12.1 Å². The lowest BCUT2D eigenvalue weighted by Gasteiger charge is -2.23. The number of nitrogens with one attached hydrogen (secondary N) is 1. The molecule has 0 aliphatic carbocycles. The molecule has 0 amide bonds. The average molecular weight is 248 g/mol. The first kappa shape index (κ1) is 12.5. The van der Waals surface area contributed by atoms with E-state index >= 15 is 0 Å². The summed E-state index contributed by atoms with van der Waals surface area (Å²) in [4.78, 5) is 12.1. The highest BCUT2D eigenvalue weighted by Crippen LogP contribution is 2.35. The van der Waals surface area contributed by atoms with E-state index in [2.05, 4.69) is 5.32 Å². The van der Waals surface area contributed by atoms with Crippen LogP contribution in [-0.4, -0.2) is 24.7 Å². The molecule has 1 aromatic rings. The Morgan fingerprint density at radius 1 is 1.67 bits per heavy atom. The second-order valence-electron chi connectivity index (χ2n) is 3.59. The van der Waals surface area contributed by atoms with Crippen molar-refractivity contribution in [3.05, 3.63) is 21.3 Å². The van der Waals surface area contributed by atoms with Gasteiger partial charge in [-0.15, -0.1) is 11.3 Å². The molecular weight excluding hydrogens is 234 g/mol. The van der Waals surface area contributed by atoms with E-state index in [0.29, 0.717) is 17.3 Å². The summed E-state index contributed by atoms with van der Waals surface area (Å²) in [5.41, 5.74) is -0.846. The minimum absolute atomic E-state index is 0.551. The van der Waals surface area contributed by atoms with Crippen molar-refractivity contribution in [1.82, 2.24) is 5.32 Å². The summed E-state index contributed by atoms with van der Waals surface area (Å²) < 4.78 is 0.627. The highest BCUT2D eigenvalue weighted by atomic mass is 35.5. The molecule has 0 fully saturated rings. The van der Waals surface area contributed by atoms with Crippen molar-refractivity contribution in [2.45, 2.75) is 18.8 Å². The fourth-order valence-corrected chi connectivity index (χ4v) is 2.53. The molecule has 1 rings (SSSR count). The summed E-state index contributed by atoms with van der Waals surface area (Å²) in [5, 5.41) is 12.2. The van der Waals surface area contributed by atoms with Crippen LogP contribution in [0.25, 0.3) is 0 Å². The average Bonchev–Trinajstić information content (AvgIpc) is 2.61. The van der Waals surface area contributed by atoms with Crippen LogP contribution in [0.4, 0.5) is 0 Å². The standard InChI is InChI=1S/C10H14ClNO2S/c1-10(9(13)14,5-6-12-2)7-3-4-8(11)15-7/h3-4,12H,5-6H2,1-2H3,(H,13,14). The number of aliphatic carboxylic acids is 1. The van der Waals surface area contributed by atoms with Gasteiger partial charge in [0.15, 0.2) is 0 Å². The van der Waals surface area contributed by atoms with Crippen LogP contribution in [0.1, 0.15) is 18.2 Å². The van der Waals surface area contributed by atoms with Crippen LogP contribution >= 0.6 is 22.9 Å². The molecule has 84 valence electrons. The Balaban J connectivity index is 2.95. The zero-order chi connectivity index (χ0) is 11.5. The van der Waals surface area contributed by atoms with Crippen LogP contribution < -0.4 is 5.32 Å². The Hall–Kier alpha value is -0.580. The smallest absolute Gasteiger partial charge is 0.314 e. The first-order valence-corrected chi connectivity index (χ1v) is 5.84. The lowest BCUT2D eigenvalue weighted by atomic mass is 9.85. The van der Waals surface area contributed by atoms with Crippen molar-refractivity contribution in [2.24, 2.45) is 0 Å². The summed E-state index contributed by atoms with van der Waals surface area (Å²) in [6.45, 7) is 2.40. The number of hydrogen-bond acceptors (Lipinski definition) is 3. The highest BCUT2D eigenvalue weighted by Gasteiger charge is 2.35. The molecule has 2 N–H and O–H groups in total. The van der Waals surface area contributed by atoms with Crippen molar-refractivity contribution in [2.75, 3.05) is 13.6 Å². The normalized spacial score (nSPS) is 14.9. The fraction of sp³-hybridized carbons (Fsp3) is 0.500. The number of hydrogen-bond donors (Lipinski definition) is 2. The third kappa shape index (κ3) is 2.71. The molecule has 3 nitrogen and oxygen atoms in total. The molecule has 1 unspecified atom stereocenters. The SMILES string of the molecule is CNCCC(C)(C(=O)O)c1ccc(Cl)s1. The van der Waals surface area contributed by atoms with Gasteiger partial charge in [-0.2, -0.15) is 0 Å². The van der Waals surface area contributed by atoms with Gasteiger partial charge in [-0.1, -0.05) is 11.6 Å². The van der Waals surface area contributed by atoms with E-state index in [0.717, 1.165) is 4.88 Å². The van der Waals surface area contributed by atoms with Crippen LogP contribution in [0.5, 0.6) is 0 Å². The Morgan fingerprint density at radius 3 is 2.73 bits per heavy atom. The third-order valence-corrected chi connectivity index (χ3v) is 3.96. The van der Waals surface area contributed by atoms with E-state index in [1.54, 1.807) is 19.1 Å². The predicted octanol–water partition coefficient (Wildman–Crippen LogP) is 2.35. The predicted molar refractivity (Wildman–Crippen MR) is 62.9 cm³/mol. The van der Waals surface area contributed by atoms with Gasteiger partial charge in [0.25, 0.3) is 0 Å². The first-order valence-electron chi connectivity index (χ1n) is 4.64. The summed E-state index contributed by atoms with van der Waals surface area (Å²) in [6.07, 6.45) is 0.551. The van der Waals surface area contributed by atoms with Crippen molar-refractivity contribution in [3.63, 3.8) is 0 Å². The molecule has 15 heavy (non-hydrogen) atoms. The van der Waals surface area contributed by atoms with Gasteiger partial charge in [-0.25, -0.2) is 0 Å². The van der Waals surface area contributed by atoms with Gasteiger partial charge < -0.3 is 10.4 Å². The Kier molecular flexibility index (Phi) is 4.13. The van der Waals surface area contributed by atoms with E-state index < -0.39 is 11.4 Å². The number of carbonyl (C=O) groups is 1. The number of thiophene rings is 1. The third-order valence-electron chi connectivity index (χ3n) is 2.46. The van der Waals surface area contributed by atoms with E-state index in [1.165, 1.54) is 11.3 Å². The zero-order valence-corrected chi connectivity index (χ0v) is 10.3. The van der Waals surface area contributed by atoms with Gasteiger partial charge in [-0.3, -0.25) is 4.79 Å². The molecule has 0 aliphatic rings. The van der Waals surface area contributed by atoms with Gasteiger partial charge in [0.05, 0.1) is 4.34 Å². The van der Waals surface area contributed by atoms with Gasteiger partial charge in [0.2, 0.25) is 0 Å². The van der Waals surface area contributed by atoms with Crippen LogP contribution in [0.3, 0.4) is 0 Å². The Morgan fingerprint density at radius 2 is 2.33 bits per heavy atom. The highest BCUT2D eigenvalue weighted by molar-refractivity contribution is 7.16. The molecule has 0 spiro atoms. The van der Waals surface area contributed by atoms with Gasteiger partial charge in [-0.05, 0) is 39.1 Å². The zero-order valence-electron chi connectivity index (χ0n) is 8.71. The number of carboxylic acid groups (broad SMARTS) is 1. The fourth-order valence-electron chi connectivity index (χ4n) is 1.32. The molecular formula is C10H14ClNO2S. The number of halogens is 1. The Bertz CT molecular complexity index is 353. The molecule has 0 radical (unpaired) electrons. The second kappa shape index (κ2) is 4.96. The van der Waals surface area contributed by atoms with Crippen LogP contribution in [-0.2, 0) is 10.2 Å².